The van der Waals surface area contributed by atoms with Crippen LogP contribution in [0, 0.1) is 18.4 Å². The summed E-state index contributed by atoms with van der Waals surface area (Å²) in [7, 11) is -2.95. The number of ether oxygens (including phenoxy) is 2. The van der Waals surface area contributed by atoms with E-state index < -0.39 is 38.0 Å². The maximum atomic E-state index is 14.7. The molecule has 3 atom stereocenters. The van der Waals surface area contributed by atoms with Crippen LogP contribution in [0.3, 0.4) is 0 Å². The Balaban J connectivity index is 1.28. The Hall–Kier alpha value is -4.34. The second-order valence-corrected chi connectivity index (χ2v) is 17.5. The number of carbonyl (C=O) groups is 1. The molecule has 0 amide bonds. The van der Waals surface area contributed by atoms with Crippen molar-refractivity contribution in [2.75, 3.05) is 26.1 Å². The molecule has 0 radical (unpaired) electrons. The van der Waals surface area contributed by atoms with Gasteiger partial charge in [-0.15, -0.1) is 6.42 Å². The molecule has 2 aromatic carbocycles. The number of rotatable bonds is 33. The van der Waals surface area contributed by atoms with Crippen LogP contribution in [-0.4, -0.2) is 57.5 Å². The van der Waals surface area contributed by atoms with Gasteiger partial charge in [0.05, 0.1) is 19.5 Å². The number of nitrogens with one attached hydrogen (secondary N) is 1. The Bertz CT molecular complexity index is 1930. The lowest BCUT2D eigenvalue weighted by atomic mass is 10.0. The molecule has 4 rings (SSSR count). The van der Waals surface area contributed by atoms with E-state index in [-0.39, 0.29) is 48.7 Å². The number of aromatic nitrogens is 4. The van der Waals surface area contributed by atoms with Gasteiger partial charge in [0.15, 0.2) is 17.1 Å². The summed E-state index contributed by atoms with van der Waals surface area (Å²) in [6.45, 7) is 2.27. The van der Waals surface area contributed by atoms with Crippen LogP contribution in [0.2, 0.25) is 0 Å². The van der Waals surface area contributed by atoms with Gasteiger partial charge in [-0.25, -0.2) is 9.55 Å². The van der Waals surface area contributed by atoms with E-state index in [1.807, 2.05) is 30.3 Å². The topological polar surface area (TPSA) is 153 Å². The molecule has 0 saturated carbocycles. The highest BCUT2D eigenvalue weighted by molar-refractivity contribution is 7.52. The number of aryl methyl sites for hydroxylation is 1. The first-order valence-corrected chi connectivity index (χ1v) is 23.9. The second kappa shape index (κ2) is 27.6. The number of fused-ring (bicyclic) bond motifs is 1. The first kappa shape index (κ1) is 49.3. The summed E-state index contributed by atoms with van der Waals surface area (Å²) in [5.41, 5.74) is 5.64. The molecule has 14 heteroatoms. The number of methoxy groups -OCH3 is 1. The van der Waals surface area contributed by atoms with Gasteiger partial charge in [0.25, 0.3) is 0 Å². The minimum atomic E-state index is -4.36. The number of para-hydroxylation sites is 1. The van der Waals surface area contributed by atoms with Crippen LogP contribution in [0.25, 0.3) is 11.2 Å². The van der Waals surface area contributed by atoms with Gasteiger partial charge in [-0.05, 0) is 30.5 Å². The summed E-state index contributed by atoms with van der Waals surface area (Å²) in [6.07, 6.45) is 29.6. The third kappa shape index (κ3) is 17.9. The van der Waals surface area contributed by atoms with Gasteiger partial charge in [-0.1, -0.05) is 171 Å². The molecule has 0 aliphatic heterocycles. The van der Waals surface area contributed by atoms with Crippen LogP contribution in [0.4, 0.5) is 10.2 Å². The average molecular weight is 863 g/mol. The van der Waals surface area contributed by atoms with E-state index in [0.717, 1.165) is 24.8 Å². The maximum absolute atomic E-state index is 14.7. The van der Waals surface area contributed by atoms with Crippen molar-refractivity contribution in [2.45, 2.75) is 154 Å². The van der Waals surface area contributed by atoms with Crippen molar-refractivity contribution < 1.29 is 32.3 Å². The predicted octanol–water partition coefficient (Wildman–Crippen LogP) is 10.9. The number of hydrogen-bond donors (Lipinski definition) is 2. The van der Waals surface area contributed by atoms with E-state index in [1.54, 1.807) is 34.9 Å². The predicted molar refractivity (Wildman–Crippen MR) is 240 cm³/mol. The van der Waals surface area contributed by atoms with Crippen molar-refractivity contribution in [3.8, 4) is 18.1 Å². The lowest BCUT2D eigenvalue weighted by Crippen LogP contribution is -2.41. The smallest absolute Gasteiger partial charge is 0.459 e. The largest absolute Gasteiger partial charge is 0.465 e. The van der Waals surface area contributed by atoms with E-state index in [0.29, 0.717) is 0 Å². The number of carbonyl (C=O) groups excluding carboxylic acids is 1. The molecule has 0 spiro atoms. The molecule has 0 fully saturated rings. The summed E-state index contributed by atoms with van der Waals surface area (Å²) in [4.78, 5) is 25.3. The maximum Gasteiger partial charge on any atom is 0.459 e. The zero-order valence-corrected chi connectivity index (χ0v) is 37.3. The summed E-state index contributed by atoms with van der Waals surface area (Å²) in [5, 5.41) is 2.89. The lowest BCUT2D eigenvalue weighted by Gasteiger charge is -2.30. The van der Waals surface area contributed by atoms with Gasteiger partial charge in [-0.2, -0.15) is 19.4 Å². The summed E-state index contributed by atoms with van der Waals surface area (Å²) in [5.74, 6) is 2.20. The summed E-state index contributed by atoms with van der Waals surface area (Å²) in [6, 6.07) is 16.8. The van der Waals surface area contributed by atoms with Gasteiger partial charge in [-0.3, -0.25) is 9.32 Å². The normalized spacial score (nSPS) is 13.9. The fourth-order valence-electron chi connectivity index (χ4n) is 7.21. The van der Waals surface area contributed by atoms with Crippen molar-refractivity contribution in [3.63, 3.8) is 0 Å². The number of terminal acetylenes is 1. The van der Waals surface area contributed by atoms with Gasteiger partial charge >= 0.3 is 19.8 Å². The van der Waals surface area contributed by atoms with Crippen LogP contribution < -0.4 is 15.3 Å². The number of imidazole rings is 1. The number of esters is 1. The van der Waals surface area contributed by atoms with E-state index >= 15 is 0 Å². The van der Waals surface area contributed by atoms with Crippen LogP contribution in [-0.2, 0) is 36.3 Å². The van der Waals surface area contributed by atoms with Crippen molar-refractivity contribution >= 4 is 30.7 Å². The first-order chi connectivity index (χ1) is 29.7. The summed E-state index contributed by atoms with van der Waals surface area (Å²) >= 11 is 0. The molecule has 3 N–H and O–H groups in total. The Kier molecular flexibility index (Phi) is 22.3. The molecular formula is C47H68FN6O6P. The molecular weight excluding hydrogens is 795 g/mol. The number of benzene rings is 2. The lowest BCUT2D eigenvalue weighted by molar-refractivity contribution is -0.146. The van der Waals surface area contributed by atoms with Crippen LogP contribution in [0.1, 0.15) is 134 Å². The van der Waals surface area contributed by atoms with Crippen LogP contribution in [0.5, 0.6) is 5.75 Å². The second-order valence-electron chi connectivity index (χ2n) is 15.8. The molecule has 0 bridgehead atoms. The standard InChI is InChI=1S/C47H68FN6O6P/c1-4-6-7-8-9-10-11-12-13-14-15-16-17-18-19-20-21-28-35-58-45(55)41(36-39-29-24-22-25-30-39)53-61(56,60-40-31-26-23-27-32-40)59-37-47(5-2,57-3)33-34-54-38-50-42-43(49)51-46(48)52-44(42)54/h2,22-27,29-32,38,41H,4,6-21,28,33-37H2,1,3H3,(H,53,56)(H2,49,51,52)/t41-,47-,61?/m0/s1. The highest BCUT2D eigenvalue weighted by atomic mass is 31.2. The number of nitrogen functional groups attached to an aromatic ring is 1. The first-order valence-electron chi connectivity index (χ1n) is 22.3. The minimum absolute atomic E-state index is 0.0939. The third-order valence-corrected chi connectivity index (χ3v) is 12.5. The van der Waals surface area contributed by atoms with Crippen LogP contribution in [0.15, 0.2) is 67.0 Å². The van der Waals surface area contributed by atoms with Crippen molar-refractivity contribution in [1.82, 2.24) is 24.6 Å². The summed E-state index contributed by atoms with van der Waals surface area (Å²) < 4.78 is 53.9. The van der Waals surface area contributed by atoms with E-state index in [2.05, 4.69) is 32.9 Å². The molecule has 2 heterocycles. The SMILES string of the molecule is C#C[C@](CCn1cnc2c(N)nc(F)nc21)(COP(=O)(N[C@@H](Cc1ccccc1)C(=O)OCCCCCCCCCCCCCCCCCCCC)Oc1ccccc1)OC. The number of anilines is 1. The Labute approximate surface area is 362 Å². The molecule has 0 aliphatic carbocycles. The van der Waals surface area contributed by atoms with E-state index in [9.17, 15) is 13.8 Å². The van der Waals surface area contributed by atoms with E-state index in [4.69, 9.17) is 30.7 Å². The molecule has 0 saturated heterocycles. The fraction of sp³-hybridized carbons (Fsp3) is 0.574. The Morgan fingerprint density at radius 1 is 0.869 bits per heavy atom. The molecule has 0 aliphatic rings. The minimum Gasteiger partial charge on any atom is -0.465 e. The third-order valence-electron chi connectivity index (χ3n) is 10.9. The number of halogens is 1. The van der Waals surface area contributed by atoms with Gasteiger partial charge < -0.3 is 24.3 Å². The van der Waals surface area contributed by atoms with Crippen molar-refractivity contribution in [2.24, 2.45) is 0 Å². The van der Waals surface area contributed by atoms with Crippen molar-refractivity contribution in [3.05, 3.63) is 78.6 Å². The number of hydrogen-bond acceptors (Lipinski definition) is 10. The number of nitrogens with two attached hydrogens (primary N) is 1. The van der Waals surface area contributed by atoms with Crippen molar-refractivity contribution in [1.29, 1.82) is 0 Å². The number of unbranched alkanes of at least 4 members (excludes halogenated alkanes) is 17. The average Bonchev–Trinajstić information content (AvgIpc) is 3.68. The van der Waals surface area contributed by atoms with Gasteiger partial charge in [0.1, 0.15) is 17.3 Å². The molecule has 1 unspecified atom stereocenters. The van der Waals surface area contributed by atoms with Crippen LogP contribution >= 0.6 is 7.75 Å². The molecule has 61 heavy (non-hydrogen) atoms. The van der Waals surface area contributed by atoms with Gasteiger partial charge in [0.2, 0.25) is 0 Å². The Morgan fingerprint density at radius 3 is 1.98 bits per heavy atom. The van der Waals surface area contributed by atoms with E-state index in [1.165, 1.54) is 110 Å². The molecule has 334 valence electrons. The molecule has 4 aromatic rings. The highest BCUT2D eigenvalue weighted by Crippen LogP contribution is 2.46. The number of nitrogens with zero attached hydrogens (tertiary/aromatic N) is 4. The Morgan fingerprint density at radius 2 is 1.43 bits per heavy atom. The molecule has 12 nitrogen and oxygen atoms in total. The highest BCUT2D eigenvalue weighted by Gasteiger charge is 2.39. The monoisotopic (exact) mass is 862 g/mol. The zero-order chi connectivity index (χ0) is 43.6. The van der Waals surface area contributed by atoms with Gasteiger partial charge in [0, 0.05) is 20.1 Å². The fourth-order valence-corrected chi connectivity index (χ4v) is 8.74. The quantitative estimate of drug-likeness (QED) is 0.0155. The molecule has 2 aromatic heterocycles. The zero-order valence-electron chi connectivity index (χ0n) is 36.4.